The lowest BCUT2D eigenvalue weighted by molar-refractivity contribution is 0.413. The molecule has 2 aromatic rings. The molecule has 0 aliphatic heterocycles. The van der Waals surface area contributed by atoms with E-state index < -0.39 is 0 Å². The lowest BCUT2D eigenvalue weighted by atomic mass is 10.0. The number of methoxy groups -OCH3 is 1. The maximum Gasteiger partial charge on any atom is 0.118 e. The summed E-state index contributed by atoms with van der Waals surface area (Å²) in [6.07, 6.45) is 2.26. The van der Waals surface area contributed by atoms with Crippen molar-refractivity contribution in [2.75, 3.05) is 7.11 Å². The predicted molar refractivity (Wildman–Crippen MR) is 88.8 cm³/mol. The van der Waals surface area contributed by atoms with Crippen LogP contribution >= 0.6 is 0 Å². The second-order valence-corrected chi connectivity index (χ2v) is 5.59. The van der Waals surface area contributed by atoms with E-state index >= 15 is 0 Å². The smallest absolute Gasteiger partial charge is 0.118 e. The Morgan fingerprint density at radius 2 is 1.62 bits per heavy atom. The minimum atomic E-state index is 0.349. The third kappa shape index (κ3) is 4.91. The molecule has 0 aromatic heterocycles. The Morgan fingerprint density at radius 3 is 2.24 bits per heavy atom. The fourth-order valence-corrected chi connectivity index (χ4v) is 2.53. The topological polar surface area (TPSA) is 21.3 Å². The molecular weight excluding hydrogens is 258 g/mol. The van der Waals surface area contributed by atoms with Crippen molar-refractivity contribution < 1.29 is 4.74 Å². The highest BCUT2D eigenvalue weighted by molar-refractivity contribution is 5.28. The van der Waals surface area contributed by atoms with Gasteiger partial charge in [0.05, 0.1) is 7.11 Å². The summed E-state index contributed by atoms with van der Waals surface area (Å²) in [5.74, 6) is 0.906. The molecule has 2 heteroatoms. The van der Waals surface area contributed by atoms with Gasteiger partial charge in [-0.2, -0.15) is 0 Å². The lowest BCUT2D eigenvalue weighted by Crippen LogP contribution is -2.29. The third-order valence-corrected chi connectivity index (χ3v) is 3.86. The Bertz CT molecular complexity index is 521. The minimum Gasteiger partial charge on any atom is -0.497 e. The van der Waals surface area contributed by atoms with Crippen molar-refractivity contribution >= 4 is 0 Å². The summed E-state index contributed by atoms with van der Waals surface area (Å²) < 4.78 is 5.20. The number of benzene rings is 2. The zero-order chi connectivity index (χ0) is 15.1. The van der Waals surface area contributed by atoms with Crippen LogP contribution in [0.3, 0.4) is 0 Å². The van der Waals surface area contributed by atoms with Crippen LogP contribution in [-0.4, -0.2) is 13.2 Å². The van der Waals surface area contributed by atoms with E-state index in [0.29, 0.717) is 12.1 Å². The van der Waals surface area contributed by atoms with E-state index in [0.717, 1.165) is 18.6 Å². The van der Waals surface area contributed by atoms with Gasteiger partial charge in [0.15, 0.2) is 0 Å². The van der Waals surface area contributed by atoms with Gasteiger partial charge in [-0.25, -0.2) is 0 Å². The Morgan fingerprint density at radius 1 is 0.952 bits per heavy atom. The highest BCUT2D eigenvalue weighted by atomic mass is 16.5. The van der Waals surface area contributed by atoms with Crippen LogP contribution in [0, 0.1) is 0 Å². The van der Waals surface area contributed by atoms with Crippen LogP contribution in [0.2, 0.25) is 0 Å². The van der Waals surface area contributed by atoms with Crippen LogP contribution in [0.25, 0.3) is 0 Å². The van der Waals surface area contributed by atoms with Gasteiger partial charge in [0.1, 0.15) is 5.75 Å². The van der Waals surface area contributed by atoms with Gasteiger partial charge in [0.2, 0.25) is 0 Å². The van der Waals surface area contributed by atoms with E-state index in [9.17, 15) is 0 Å². The van der Waals surface area contributed by atoms with Crippen LogP contribution in [-0.2, 0) is 6.42 Å². The van der Waals surface area contributed by atoms with Crippen LogP contribution in [0.1, 0.15) is 37.4 Å². The first-order valence-electron chi connectivity index (χ1n) is 7.63. The molecule has 0 spiro atoms. The molecule has 112 valence electrons. The van der Waals surface area contributed by atoms with Crippen molar-refractivity contribution in [3.63, 3.8) is 0 Å². The summed E-state index contributed by atoms with van der Waals surface area (Å²) in [5, 5.41) is 3.66. The molecule has 0 fully saturated rings. The zero-order valence-electron chi connectivity index (χ0n) is 13.2. The number of nitrogens with one attached hydrogen (secondary N) is 1. The van der Waals surface area contributed by atoms with Crippen molar-refractivity contribution in [3.8, 4) is 5.75 Å². The molecule has 2 unspecified atom stereocenters. The number of rotatable bonds is 7. The van der Waals surface area contributed by atoms with Crippen LogP contribution < -0.4 is 10.1 Å². The van der Waals surface area contributed by atoms with Crippen molar-refractivity contribution in [2.45, 2.75) is 38.8 Å². The maximum absolute atomic E-state index is 5.20. The summed E-state index contributed by atoms with van der Waals surface area (Å²) in [5.41, 5.74) is 2.70. The summed E-state index contributed by atoms with van der Waals surface area (Å²) in [4.78, 5) is 0. The molecule has 2 atom stereocenters. The fraction of sp³-hybridized carbons (Fsp3) is 0.368. The Kier molecular flexibility index (Phi) is 5.82. The van der Waals surface area contributed by atoms with Crippen LogP contribution in [0.15, 0.2) is 54.6 Å². The largest absolute Gasteiger partial charge is 0.497 e. The third-order valence-electron chi connectivity index (χ3n) is 3.86. The maximum atomic E-state index is 5.20. The quantitative estimate of drug-likeness (QED) is 0.815. The van der Waals surface area contributed by atoms with Gasteiger partial charge in [-0.15, -0.1) is 0 Å². The highest BCUT2D eigenvalue weighted by Crippen LogP contribution is 2.18. The first-order valence-corrected chi connectivity index (χ1v) is 7.63. The Labute approximate surface area is 128 Å². The summed E-state index contributed by atoms with van der Waals surface area (Å²) >= 11 is 0. The normalized spacial score (nSPS) is 13.7. The van der Waals surface area contributed by atoms with Crippen LogP contribution in [0.5, 0.6) is 5.75 Å². The number of hydrogen-bond acceptors (Lipinski definition) is 2. The van der Waals surface area contributed by atoms with E-state index in [2.05, 4.69) is 61.6 Å². The molecule has 21 heavy (non-hydrogen) atoms. The van der Waals surface area contributed by atoms with Gasteiger partial charge in [0.25, 0.3) is 0 Å². The van der Waals surface area contributed by atoms with Gasteiger partial charge in [-0.3, -0.25) is 0 Å². The van der Waals surface area contributed by atoms with Crippen LogP contribution in [0.4, 0.5) is 0 Å². The van der Waals surface area contributed by atoms with Gasteiger partial charge < -0.3 is 10.1 Å². The Balaban J connectivity index is 1.82. The second-order valence-electron chi connectivity index (χ2n) is 5.59. The molecule has 2 rings (SSSR count). The first-order chi connectivity index (χ1) is 10.2. The minimum absolute atomic E-state index is 0.349. The molecule has 0 radical (unpaired) electrons. The molecule has 0 saturated heterocycles. The number of hydrogen-bond donors (Lipinski definition) is 1. The molecule has 0 aliphatic carbocycles. The van der Waals surface area contributed by atoms with Crippen molar-refractivity contribution in [1.82, 2.24) is 5.32 Å². The van der Waals surface area contributed by atoms with Gasteiger partial charge in [-0.05, 0) is 49.9 Å². The van der Waals surface area contributed by atoms with E-state index in [-0.39, 0.29) is 0 Å². The molecule has 0 heterocycles. The monoisotopic (exact) mass is 283 g/mol. The zero-order valence-corrected chi connectivity index (χ0v) is 13.2. The second kappa shape index (κ2) is 7.84. The van der Waals surface area contributed by atoms with Crippen molar-refractivity contribution in [1.29, 1.82) is 0 Å². The average molecular weight is 283 g/mol. The van der Waals surface area contributed by atoms with E-state index in [1.54, 1.807) is 7.11 Å². The Hall–Kier alpha value is -1.80. The first kappa shape index (κ1) is 15.6. The number of ether oxygens (including phenoxy) is 1. The SMILES string of the molecule is COc1ccc(C(C)NC(C)CCc2ccccc2)cc1. The summed E-state index contributed by atoms with van der Waals surface area (Å²) in [7, 11) is 1.70. The molecule has 0 aliphatic rings. The van der Waals surface area contributed by atoms with Gasteiger partial charge >= 0.3 is 0 Å². The summed E-state index contributed by atoms with van der Waals surface area (Å²) in [6, 6.07) is 19.8. The van der Waals surface area contributed by atoms with E-state index in [1.165, 1.54) is 11.1 Å². The standard InChI is InChI=1S/C19H25NO/c1-15(9-10-17-7-5-4-6-8-17)20-16(2)18-11-13-19(21-3)14-12-18/h4-8,11-16,20H,9-10H2,1-3H3. The average Bonchev–Trinajstić information content (AvgIpc) is 2.54. The fourth-order valence-electron chi connectivity index (χ4n) is 2.53. The highest BCUT2D eigenvalue weighted by Gasteiger charge is 2.09. The van der Waals surface area contributed by atoms with E-state index in [4.69, 9.17) is 4.74 Å². The van der Waals surface area contributed by atoms with Crippen molar-refractivity contribution in [3.05, 3.63) is 65.7 Å². The summed E-state index contributed by atoms with van der Waals surface area (Å²) in [6.45, 7) is 4.46. The van der Waals surface area contributed by atoms with Gasteiger partial charge in [0, 0.05) is 12.1 Å². The molecule has 2 aromatic carbocycles. The van der Waals surface area contributed by atoms with E-state index in [1.807, 2.05) is 12.1 Å². The molecule has 0 bridgehead atoms. The lowest BCUT2D eigenvalue weighted by Gasteiger charge is -2.20. The molecule has 0 saturated carbocycles. The molecule has 0 amide bonds. The molecule has 1 N–H and O–H groups in total. The predicted octanol–water partition coefficient (Wildman–Crippen LogP) is 4.37. The van der Waals surface area contributed by atoms with Gasteiger partial charge in [-0.1, -0.05) is 42.5 Å². The number of aryl methyl sites for hydroxylation is 1. The molecule has 2 nitrogen and oxygen atoms in total. The van der Waals surface area contributed by atoms with Crippen molar-refractivity contribution in [2.24, 2.45) is 0 Å². The molecular formula is C19H25NO.